The molecule has 0 bridgehead atoms. The lowest BCUT2D eigenvalue weighted by molar-refractivity contribution is -0.117. The molecule has 0 atom stereocenters. The number of rotatable bonds is 6. The van der Waals surface area contributed by atoms with E-state index in [1.807, 2.05) is 30.5 Å². The third-order valence-corrected chi connectivity index (χ3v) is 5.56. The van der Waals surface area contributed by atoms with Crippen molar-refractivity contribution in [2.24, 2.45) is 0 Å². The normalized spacial score (nSPS) is 11.2. The number of carbonyl (C=O) groups excluding carboxylic acids is 2. The number of hydrogen-bond acceptors (Lipinski definition) is 5. The van der Waals surface area contributed by atoms with E-state index in [9.17, 15) is 9.59 Å². The number of likely N-dealkylation sites (N-methyl/N-ethyl adjacent to an activating group) is 1. The van der Waals surface area contributed by atoms with Gasteiger partial charge in [0.2, 0.25) is 5.91 Å². The number of aromatic nitrogens is 4. The molecule has 0 saturated heterocycles. The topological polar surface area (TPSA) is 81.0 Å². The van der Waals surface area contributed by atoms with Crippen molar-refractivity contribution in [1.29, 1.82) is 0 Å². The Morgan fingerprint density at radius 1 is 1.09 bits per heavy atom. The number of fused-ring (bicyclic) bond motifs is 1. The monoisotopic (exact) mass is 447 g/mol. The van der Waals surface area contributed by atoms with Gasteiger partial charge in [0.15, 0.2) is 5.78 Å². The number of halogens is 1. The number of nitrogens with zero attached hydrogens (tertiary/aromatic N) is 5. The highest BCUT2D eigenvalue weighted by molar-refractivity contribution is 6.30. The molecule has 1 aromatic carbocycles. The van der Waals surface area contributed by atoms with Crippen LogP contribution >= 0.6 is 11.6 Å². The zero-order valence-corrected chi connectivity index (χ0v) is 18.7. The number of hydrogen-bond donors (Lipinski definition) is 0. The second-order valence-corrected chi connectivity index (χ2v) is 8.26. The van der Waals surface area contributed by atoms with Gasteiger partial charge in [0.05, 0.1) is 23.9 Å². The summed E-state index contributed by atoms with van der Waals surface area (Å²) in [5.41, 5.74) is 2.99. The van der Waals surface area contributed by atoms with E-state index in [2.05, 4.69) is 15.0 Å². The summed E-state index contributed by atoms with van der Waals surface area (Å²) in [5.74, 6) is -0.319. The third-order valence-electron chi connectivity index (χ3n) is 5.31. The van der Waals surface area contributed by atoms with Crippen LogP contribution in [0.1, 0.15) is 41.4 Å². The Morgan fingerprint density at radius 3 is 2.56 bits per heavy atom. The van der Waals surface area contributed by atoms with Gasteiger partial charge < -0.3 is 9.47 Å². The SMILES string of the molecule is CC(C)n1cc(C(=O)c2cncc(N(C)C(=O)Cc3ccc(Cl)cc3)c2)c2cncnc21. The molecule has 0 fully saturated rings. The number of amides is 1. The molecular weight excluding hydrogens is 426 g/mol. The maximum absolute atomic E-state index is 13.3. The first-order valence-electron chi connectivity index (χ1n) is 10.2. The summed E-state index contributed by atoms with van der Waals surface area (Å²) in [5, 5.41) is 1.30. The van der Waals surface area contributed by atoms with E-state index >= 15 is 0 Å². The van der Waals surface area contributed by atoms with Crippen molar-refractivity contribution < 1.29 is 9.59 Å². The van der Waals surface area contributed by atoms with Crippen molar-refractivity contribution in [3.05, 3.63) is 83.2 Å². The minimum Gasteiger partial charge on any atom is -0.329 e. The Kier molecular flexibility index (Phi) is 6.01. The van der Waals surface area contributed by atoms with Crippen molar-refractivity contribution in [2.75, 3.05) is 11.9 Å². The molecule has 7 nitrogen and oxygen atoms in total. The van der Waals surface area contributed by atoms with Gasteiger partial charge in [0.1, 0.15) is 12.0 Å². The lowest BCUT2D eigenvalue weighted by atomic mass is 10.1. The van der Waals surface area contributed by atoms with E-state index in [-0.39, 0.29) is 24.2 Å². The fourth-order valence-electron chi connectivity index (χ4n) is 3.49. The fourth-order valence-corrected chi connectivity index (χ4v) is 3.62. The van der Waals surface area contributed by atoms with Crippen LogP contribution in [-0.4, -0.2) is 38.3 Å². The molecule has 3 aromatic heterocycles. The lowest BCUT2D eigenvalue weighted by Gasteiger charge is -2.17. The van der Waals surface area contributed by atoms with E-state index in [0.717, 1.165) is 5.56 Å². The van der Waals surface area contributed by atoms with Crippen molar-refractivity contribution >= 4 is 40.0 Å². The molecule has 8 heteroatoms. The minimum atomic E-state index is -0.197. The number of ketones is 1. The Morgan fingerprint density at radius 2 is 1.84 bits per heavy atom. The molecule has 162 valence electrons. The van der Waals surface area contributed by atoms with Gasteiger partial charge in [-0.15, -0.1) is 0 Å². The zero-order chi connectivity index (χ0) is 22.8. The van der Waals surface area contributed by atoms with Gasteiger partial charge in [0, 0.05) is 47.7 Å². The summed E-state index contributed by atoms with van der Waals surface area (Å²) >= 11 is 5.91. The lowest BCUT2D eigenvalue weighted by Crippen LogP contribution is -2.28. The second kappa shape index (κ2) is 8.88. The van der Waals surface area contributed by atoms with Crippen molar-refractivity contribution in [1.82, 2.24) is 19.5 Å². The molecule has 1 amide bonds. The van der Waals surface area contributed by atoms with Crippen LogP contribution in [0.25, 0.3) is 11.0 Å². The molecule has 0 aliphatic rings. The average molecular weight is 448 g/mol. The van der Waals surface area contributed by atoms with Crippen molar-refractivity contribution in [3.63, 3.8) is 0 Å². The first-order chi connectivity index (χ1) is 15.3. The van der Waals surface area contributed by atoms with Crippen LogP contribution in [-0.2, 0) is 11.2 Å². The van der Waals surface area contributed by atoms with Crippen LogP contribution in [0.5, 0.6) is 0 Å². The maximum Gasteiger partial charge on any atom is 0.231 e. The summed E-state index contributed by atoms with van der Waals surface area (Å²) in [7, 11) is 1.67. The van der Waals surface area contributed by atoms with Gasteiger partial charge in [0.25, 0.3) is 0 Å². The van der Waals surface area contributed by atoms with Crippen LogP contribution < -0.4 is 4.90 Å². The third kappa shape index (κ3) is 4.24. The van der Waals surface area contributed by atoms with Gasteiger partial charge in [-0.25, -0.2) is 9.97 Å². The van der Waals surface area contributed by atoms with E-state index in [0.29, 0.717) is 32.9 Å². The molecule has 4 aromatic rings. The summed E-state index contributed by atoms with van der Waals surface area (Å²) in [6, 6.07) is 8.95. The van der Waals surface area contributed by atoms with Gasteiger partial charge >= 0.3 is 0 Å². The van der Waals surface area contributed by atoms with E-state index in [1.54, 1.807) is 43.8 Å². The van der Waals surface area contributed by atoms with Gasteiger partial charge in [-0.2, -0.15) is 0 Å². The zero-order valence-electron chi connectivity index (χ0n) is 18.0. The van der Waals surface area contributed by atoms with Crippen LogP contribution in [0.4, 0.5) is 5.69 Å². The molecule has 0 radical (unpaired) electrons. The smallest absolute Gasteiger partial charge is 0.231 e. The summed E-state index contributed by atoms with van der Waals surface area (Å²) in [4.78, 5) is 40.2. The van der Waals surface area contributed by atoms with E-state index < -0.39 is 0 Å². The highest BCUT2D eigenvalue weighted by Gasteiger charge is 2.21. The Labute approximate surface area is 190 Å². The van der Waals surface area contributed by atoms with Crippen LogP contribution in [0, 0.1) is 0 Å². The first kappa shape index (κ1) is 21.6. The van der Waals surface area contributed by atoms with Crippen LogP contribution in [0.2, 0.25) is 5.02 Å². The maximum atomic E-state index is 13.3. The quantitative estimate of drug-likeness (QED) is 0.406. The molecule has 0 spiro atoms. The Balaban J connectivity index is 1.61. The molecule has 0 saturated carbocycles. The largest absolute Gasteiger partial charge is 0.329 e. The van der Waals surface area contributed by atoms with E-state index in [4.69, 9.17) is 11.6 Å². The van der Waals surface area contributed by atoms with Gasteiger partial charge in [-0.3, -0.25) is 14.6 Å². The average Bonchev–Trinajstić information content (AvgIpc) is 3.19. The van der Waals surface area contributed by atoms with Gasteiger partial charge in [-0.1, -0.05) is 23.7 Å². The van der Waals surface area contributed by atoms with E-state index in [1.165, 1.54) is 17.4 Å². The first-order valence-corrected chi connectivity index (χ1v) is 10.5. The second-order valence-electron chi connectivity index (χ2n) is 7.82. The predicted octanol–water partition coefficient (Wildman–Crippen LogP) is 4.50. The standard InChI is InChI=1S/C24H22ClN5O2/c1-15(2)30-13-21(20-12-27-14-28-24(20)30)23(32)17-9-19(11-26-10-17)29(3)22(31)8-16-4-6-18(25)7-5-16/h4-7,9-15H,8H2,1-3H3. The molecule has 0 aliphatic carbocycles. The molecule has 3 heterocycles. The van der Waals surface area contributed by atoms with Crippen LogP contribution in [0.3, 0.4) is 0 Å². The van der Waals surface area contributed by atoms with Crippen molar-refractivity contribution in [2.45, 2.75) is 26.3 Å². The minimum absolute atomic E-state index is 0.122. The summed E-state index contributed by atoms with van der Waals surface area (Å²) in [6.45, 7) is 4.05. The predicted molar refractivity (Wildman–Crippen MR) is 124 cm³/mol. The molecular formula is C24H22ClN5O2. The highest BCUT2D eigenvalue weighted by atomic mass is 35.5. The molecule has 32 heavy (non-hydrogen) atoms. The number of pyridine rings is 1. The number of anilines is 1. The number of benzene rings is 1. The Bertz CT molecular complexity index is 1300. The molecule has 0 aliphatic heterocycles. The summed E-state index contributed by atoms with van der Waals surface area (Å²) < 4.78 is 1.95. The van der Waals surface area contributed by atoms with Crippen molar-refractivity contribution in [3.8, 4) is 0 Å². The number of carbonyl (C=O) groups is 2. The summed E-state index contributed by atoms with van der Waals surface area (Å²) in [6.07, 6.45) is 8.20. The van der Waals surface area contributed by atoms with Crippen LogP contribution in [0.15, 0.2) is 61.4 Å². The highest BCUT2D eigenvalue weighted by Crippen LogP contribution is 2.25. The molecule has 4 rings (SSSR count). The molecule has 0 unspecified atom stereocenters. The molecule has 0 N–H and O–H groups in total. The fraction of sp³-hybridized carbons (Fsp3) is 0.208. The van der Waals surface area contributed by atoms with Gasteiger partial charge in [-0.05, 0) is 37.6 Å². The Hall–Kier alpha value is -3.58.